The average Bonchev–Trinajstić information content (AvgIpc) is 3.09. The number of hydrogen-bond acceptors (Lipinski definition) is 5. The third kappa shape index (κ3) is 4.12. The molecule has 1 aliphatic rings. The second kappa shape index (κ2) is 7.94. The quantitative estimate of drug-likeness (QED) is 0.771. The molecule has 0 bridgehead atoms. The van der Waals surface area contributed by atoms with E-state index in [9.17, 15) is 9.59 Å². The van der Waals surface area contributed by atoms with Crippen molar-refractivity contribution in [2.24, 2.45) is 0 Å². The minimum absolute atomic E-state index is 0.0166. The predicted molar refractivity (Wildman–Crippen MR) is 91.7 cm³/mol. The van der Waals surface area contributed by atoms with Gasteiger partial charge in [0.05, 0.1) is 6.54 Å². The smallest absolute Gasteiger partial charge is 0.246 e. The van der Waals surface area contributed by atoms with Crippen molar-refractivity contribution in [3.63, 3.8) is 0 Å². The Morgan fingerprint density at radius 1 is 1.38 bits per heavy atom. The first-order chi connectivity index (χ1) is 11.5. The van der Waals surface area contributed by atoms with Gasteiger partial charge in [0.15, 0.2) is 0 Å². The first kappa shape index (κ1) is 18.0. The summed E-state index contributed by atoms with van der Waals surface area (Å²) in [6.45, 7) is 7.27. The average molecular weight is 334 g/mol. The Labute approximate surface area is 142 Å². The van der Waals surface area contributed by atoms with Gasteiger partial charge in [0, 0.05) is 39.6 Å². The molecule has 2 amide bonds. The van der Waals surface area contributed by atoms with E-state index in [1.54, 1.807) is 0 Å². The van der Waals surface area contributed by atoms with Gasteiger partial charge in [-0.1, -0.05) is 6.58 Å². The van der Waals surface area contributed by atoms with E-state index in [-0.39, 0.29) is 24.3 Å². The Morgan fingerprint density at radius 3 is 2.54 bits per heavy atom. The third-order valence-corrected chi connectivity index (χ3v) is 4.32. The maximum atomic E-state index is 12.4. The van der Waals surface area contributed by atoms with E-state index in [2.05, 4.69) is 21.8 Å². The minimum Gasteiger partial charge on any atom is -0.346 e. The number of nitrogens with zero attached hydrogens (tertiary/aromatic N) is 5. The van der Waals surface area contributed by atoms with E-state index in [1.165, 1.54) is 11.0 Å². The number of H-pyrrole nitrogens is 1. The molecular formula is C16H26N6O2. The van der Waals surface area contributed by atoms with Crippen LogP contribution in [-0.2, 0) is 9.59 Å². The van der Waals surface area contributed by atoms with Crippen LogP contribution in [0.5, 0.6) is 0 Å². The van der Waals surface area contributed by atoms with Gasteiger partial charge in [0.1, 0.15) is 5.82 Å². The summed E-state index contributed by atoms with van der Waals surface area (Å²) in [7, 11) is 3.80. The lowest BCUT2D eigenvalue weighted by atomic mass is 9.96. The van der Waals surface area contributed by atoms with Crippen LogP contribution < -0.4 is 4.90 Å². The number of nitrogens with one attached hydrogen (secondary N) is 1. The van der Waals surface area contributed by atoms with Gasteiger partial charge in [-0.25, -0.2) is 0 Å². The number of aromatic amines is 1. The first-order valence-corrected chi connectivity index (χ1v) is 8.25. The number of carbonyl (C=O) groups is 2. The van der Waals surface area contributed by atoms with Crippen molar-refractivity contribution in [2.45, 2.75) is 25.7 Å². The van der Waals surface area contributed by atoms with E-state index in [1.807, 2.05) is 30.8 Å². The van der Waals surface area contributed by atoms with Crippen LogP contribution in [-0.4, -0.2) is 77.1 Å². The molecule has 2 rings (SSSR count). The molecule has 0 aliphatic carbocycles. The Morgan fingerprint density at radius 2 is 2.04 bits per heavy atom. The fourth-order valence-corrected chi connectivity index (χ4v) is 2.79. The Hall–Kier alpha value is -2.38. The van der Waals surface area contributed by atoms with Crippen molar-refractivity contribution in [3.8, 4) is 0 Å². The highest BCUT2D eigenvalue weighted by Gasteiger charge is 2.27. The second-order valence-electron chi connectivity index (χ2n) is 6.13. The van der Waals surface area contributed by atoms with Crippen molar-refractivity contribution in [2.75, 3.05) is 45.2 Å². The molecule has 2 heterocycles. The number of carbonyl (C=O) groups excluding carboxylic acids is 2. The van der Waals surface area contributed by atoms with Crippen LogP contribution in [0.25, 0.3) is 0 Å². The maximum absolute atomic E-state index is 12.4. The zero-order chi connectivity index (χ0) is 17.7. The van der Waals surface area contributed by atoms with E-state index in [4.69, 9.17) is 0 Å². The molecular weight excluding hydrogens is 308 g/mol. The lowest BCUT2D eigenvalue weighted by Gasteiger charge is -2.32. The Kier molecular flexibility index (Phi) is 5.94. The van der Waals surface area contributed by atoms with Crippen LogP contribution in [0.3, 0.4) is 0 Å². The van der Waals surface area contributed by atoms with Gasteiger partial charge >= 0.3 is 0 Å². The Bertz CT molecular complexity index is 589. The van der Waals surface area contributed by atoms with Gasteiger partial charge in [-0.15, -0.1) is 5.10 Å². The summed E-state index contributed by atoms with van der Waals surface area (Å²) in [5, 5.41) is 7.17. The number of rotatable bonds is 6. The number of piperidine rings is 1. The van der Waals surface area contributed by atoms with E-state index in [0.717, 1.165) is 18.7 Å². The predicted octanol–water partition coefficient (Wildman–Crippen LogP) is 0.611. The van der Waals surface area contributed by atoms with Gasteiger partial charge in [-0.05, 0) is 25.8 Å². The summed E-state index contributed by atoms with van der Waals surface area (Å²) in [5.41, 5.74) is 0. The van der Waals surface area contributed by atoms with Crippen LogP contribution in [0.2, 0.25) is 0 Å². The third-order valence-electron chi connectivity index (χ3n) is 4.32. The van der Waals surface area contributed by atoms with Gasteiger partial charge in [-0.3, -0.25) is 14.7 Å². The molecule has 0 saturated carbocycles. The number of anilines is 1. The summed E-state index contributed by atoms with van der Waals surface area (Å²) in [5.74, 6) is 1.61. The van der Waals surface area contributed by atoms with Crippen LogP contribution >= 0.6 is 0 Å². The maximum Gasteiger partial charge on any atom is 0.246 e. The van der Waals surface area contributed by atoms with Gasteiger partial charge < -0.3 is 14.7 Å². The fraction of sp³-hybridized carbons (Fsp3) is 0.625. The zero-order valence-electron chi connectivity index (χ0n) is 14.7. The molecule has 1 fully saturated rings. The highest BCUT2D eigenvalue weighted by atomic mass is 16.2. The van der Waals surface area contributed by atoms with Crippen molar-refractivity contribution in [1.29, 1.82) is 0 Å². The van der Waals surface area contributed by atoms with Crippen LogP contribution in [0.1, 0.15) is 31.5 Å². The number of amides is 2. The SMILES string of the molecule is C=CC(=O)N(CC)CC(=O)N1CCC(c2nc(N(C)C)n[nH]2)CC1. The highest BCUT2D eigenvalue weighted by molar-refractivity contribution is 5.90. The second-order valence-corrected chi connectivity index (χ2v) is 6.13. The molecule has 24 heavy (non-hydrogen) atoms. The number of hydrogen-bond donors (Lipinski definition) is 1. The van der Waals surface area contributed by atoms with Crippen LogP contribution in [0, 0.1) is 0 Å². The molecule has 1 N–H and O–H groups in total. The molecule has 8 nitrogen and oxygen atoms in total. The number of likely N-dealkylation sites (N-methyl/N-ethyl adjacent to an activating group) is 1. The first-order valence-electron chi connectivity index (χ1n) is 8.25. The molecule has 0 radical (unpaired) electrons. The lowest BCUT2D eigenvalue weighted by Crippen LogP contribution is -2.45. The van der Waals surface area contributed by atoms with Crippen molar-refractivity contribution in [1.82, 2.24) is 25.0 Å². The largest absolute Gasteiger partial charge is 0.346 e. The molecule has 1 aromatic rings. The molecule has 0 aromatic carbocycles. The van der Waals surface area contributed by atoms with E-state index in [0.29, 0.717) is 25.6 Å². The minimum atomic E-state index is -0.210. The molecule has 0 atom stereocenters. The highest BCUT2D eigenvalue weighted by Crippen LogP contribution is 2.26. The molecule has 1 saturated heterocycles. The number of aromatic nitrogens is 3. The topological polar surface area (TPSA) is 85.4 Å². The van der Waals surface area contributed by atoms with Gasteiger partial charge in [0.25, 0.3) is 0 Å². The summed E-state index contributed by atoms with van der Waals surface area (Å²) in [6.07, 6.45) is 2.93. The summed E-state index contributed by atoms with van der Waals surface area (Å²) in [6, 6.07) is 0. The standard InChI is InChI=1S/C16H26N6O2/c1-5-13(23)21(6-2)11-14(24)22-9-7-12(8-10-22)15-17-16(19-18-15)20(3)4/h5,12H,1,6-11H2,2-4H3,(H,17,18,19). The van der Waals surface area contributed by atoms with Gasteiger partial charge in [0.2, 0.25) is 17.8 Å². The summed E-state index contributed by atoms with van der Waals surface area (Å²) >= 11 is 0. The molecule has 8 heteroatoms. The monoisotopic (exact) mass is 334 g/mol. The van der Waals surface area contributed by atoms with Crippen LogP contribution in [0.15, 0.2) is 12.7 Å². The van der Waals surface area contributed by atoms with Crippen molar-refractivity contribution >= 4 is 17.8 Å². The summed E-state index contributed by atoms with van der Waals surface area (Å²) in [4.78, 5) is 33.7. The van der Waals surface area contributed by atoms with Gasteiger partial charge in [-0.2, -0.15) is 4.98 Å². The molecule has 0 unspecified atom stereocenters. The zero-order valence-corrected chi connectivity index (χ0v) is 14.7. The fourth-order valence-electron chi connectivity index (χ4n) is 2.79. The number of likely N-dealkylation sites (tertiary alicyclic amines) is 1. The lowest BCUT2D eigenvalue weighted by molar-refractivity contribution is -0.138. The van der Waals surface area contributed by atoms with Crippen molar-refractivity contribution < 1.29 is 9.59 Å². The molecule has 0 spiro atoms. The molecule has 1 aromatic heterocycles. The summed E-state index contributed by atoms with van der Waals surface area (Å²) < 4.78 is 0. The normalized spacial score (nSPS) is 15.2. The Balaban J connectivity index is 1.88. The van der Waals surface area contributed by atoms with Crippen molar-refractivity contribution in [3.05, 3.63) is 18.5 Å². The van der Waals surface area contributed by atoms with Crippen LogP contribution in [0.4, 0.5) is 5.95 Å². The van der Waals surface area contributed by atoms with E-state index >= 15 is 0 Å². The molecule has 132 valence electrons. The van der Waals surface area contributed by atoms with E-state index < -0.39 is 0 Å². The molecule has 1 aliphatic heterocycles.